The third-order valence-electron chi connectivity index (χ3n) is 7.94. The number of methoxy groups -OCH3 is 1. The van der Waals surface area contributed by atoms with Gasteiger partial charge in [-0.25, -0.2) is 4.79 Å². The molecule has 3 aromatic rings. The molecule has 0 spiro atoms. The Hall–Kier alpha value is -3.97. The van der Waals surface area contributed by atoms with Gasteiger partial charge in [0.1, 0.15) is 18.4 Å². The molecular weight excluding hydrogens is 528 g/mol. The topological polar surface area (TPSA) is 93.7 Å². The normalized spacial score (nSPS) is 14.9. The summed E-state index contributed by atoms with van der Waals surface area (Å²) in [5.74, 6) is 0.509. The number of anilines is 1. The Balaban J connectivity index is 1.36. The summed E-state index contributed by atoms with van der Waals surface area (Å²) in [4.78, 5) is 38.8. The molecule has 1 saturated carbocycles. The molecule has 0 saturated heterocycles. The van der Waals surface area contributed by atoms with E-state index in [-0.39, 0.29) is 5.78 Å². The first-order chi connectivity index (χ1) is 20.5. The average Bonchev–Trinajstić information content (AvgIpc) is 3.04. The quantitative estimate of drug-likeness (QED) is 0.129. The average molecular weight is 571 g/mol. The molecule has 1 fully saturated rings. The van der Waals surface area contributed by atoms with Crippen LogP contribution in [0.15, 0.2) is 78.9 Å². The number of esters is 1. The summed E-state index contributed by atoms with van der Waals surface area (Å²) in [6.45, 7) is 3.11. The molecule has 0 radical (unpaired) electrons. The Kier molecular flexibility index (Phi) is 11.3. The van der Waals surface area contributed by atoms with Gasteiger partial charge in [0.15, 0.2) is 11.6 Å². The van der Waals surface area contributed by atoms with Gasteiger partial charge in [-0.05, 0) is 49.1 Å². The van der Waals surface area contributed by atoms with E-state index >= 15 is 0 Å². The minimum absolute atomic E-state index is 0.123. The summed E-state index contributed by atoms with van der Waals surface area (Å²) >= 11 is 0. The van der Waals surface area contributed by atoms with Crippen molar-refractivity contribution < 1.29 is 23.9 Å². The molecule has 222 valence electrons. The highest BCUT2D eigenvalue weighted by atomic mass is 16.5. The van der Waals surface area contributed by atoms with Crippen molar-refractivity contribution in [2.45, 2.75) is 69.9 Å². The number of ketones is 2. The minimum Gasteiger partial charge on any atom is -0.492 e. The van der Waals surface area contributed by atoms with E-state index in [1.165, 1.54) is 13.5 Å². The maximum atomic E-state index is 13.2. The molecule has 1 unspecified atom stereocenters. The number of Topliss-reactive ketones (excluding diaryl/α,β-unsaturated/α-hetero) is 1. The summed E-state index contributed by atoms with van der Waals surface area (Å²) in [5, 5.41) is 6.78. The first kappa shape index (κ1) is 31.0. The highest BCUT2D eigenvalue weighted by Crippen LogP contribution is 2.30. The second-order valence-electron chi connectivity index (χ2n) is 10.9. The molecule has 0 amide bonds. The lowest BCUT2D eigenvalue weighted by Gasteiger charge is -2.37. The smallest absolute Gasteiger partial charge is 0.328 e. The third-order valence-corrected chi connectivity index (χ3v) is 7.94. The fraction of sp³-hybridized carbons (Fsp3) is 0.400. The number of ether oxygens (including phenoxy) is 2. The number of rotatable bonds is 15. The standard InChI is InChI=1S/C35H42N2O5/c1-3-12-32(38)35(21-10-5-11-22-35)36-23-24-42-28-19-17-26(18-20-28)25-31(34(40)41-2)37-30-16-9-8-15-29(30)33(39)27-13-6-4-7-14-27/h4,6-9,13-20,31,36-37H,3,5,10-12,21-25H2,1-2H3. The predicted molar refractivity (Wildman–Crippen MR) is 165 cm³/mol. The number of para-hydroxylation sites is 1. The van der Waals surface area contributed by atoms with Crippen LogP contribution in [0.4, 0.5) is 5.69 Å². The molecule has 1 atom stereocenters. The number of hydrogen-bond donors (Lipinski definition) is 2. The predicted octanol–water partition coefficient (Wildman–Crippen LogP) is 6.15. The first-order valence-corrected chi connectivity index (χ1v) is 15.0. The lowest BCUT2D eigenvalue weighted by Crippen LogP contribution is -2.54. The molecule has 7 heteroatoms. The van der Waals surface area contributed by atoms with Gasteiger partial charge >= 0.3 is 5.97 Å². The largest absolute Gasteiger partial charge is 0.492 e. The van der Waals surface area contributed by atoms with E-state index in [0.717, 1.165) is 43.4 Å². The fourth-order valence-corrected chi connectivity index (χ4v) is 5.67. The highest BCUT2D eigenvalue weighted by Gasteiger charge is 2.37. The molecule has 3 aromatic carbocycles. The van der Waals surface area contributed by atoms with Crippen LogP contribution in [-0.4, -0.2) is 49.4 Å². The molecule has 4 rings (SSSR count). The molecular formula is C35H42N2O5. The Morgan fingerprint density at radius 1 is 0.881 bits per heavy atom. The van der Waals surface area contributed by atoms with Gasteiger partial charge in [-0.2, -0.15) is 0 Å². The summed E-state index contributed by atoms with van der Waals surface area (Å²) in [6.07, 6.45) is 7.02. The summed E-state index contributed by atoms with van der Waals surface area (Å²) in [5.41, 5.74) is 2.15. The van der Waals surface area contributed by atoms with Gasteiger partial charge in [-0.1, -0.05) is 80.8 Å². The van der Waals surface area contributed by atoms with Crippen molar-refractivity contribution in [1.82, 2.24) is 5.32 Å². The first-order valence-electron chi connectivity index (χ1n) is 15.0. The van der Waals surface area contributed by atoms with Crippen molar-refractivity contribution in [3.63, 3.8) is 0 Å². The van der Waals surface area contributed by atoms with E-state index in [1.54, 1.807) is 30.3 Å². The number of benzene rings is 3. The van der Waals surface area contributed by atoms with E-state index in [2.05, 4.69) is 17.6 Å². The van der Waals surface area contributed by atoms with Crippen LogP contribution in [0.5, 0.6) is 5.75 Å². The molecule has 2 N–H and O–H groups in total. The molecule has 42 heavy (non-hydrogen) atoms. The number of nitrogens with one attached hydrogen (secondary N) is 2. The Bertz CT molecular complexity index is 1320. The van der Waals surface area contributed by atoms with Crippen molar-refractivity contribution in [2.75, 3.05) is 25.6 Å². The zero-order valence-electron chi connectivity index (χ0n) is 24.7. The van der Waals surface area contributed by atoms with Gasteiger partial charge in [0.05, 0.1) is 12.6 Å². The molecule has 0 heterocycles. The Labute approximate surface area is 249 Å². The molecule has 0 bridgehead atoms. The number of hydrogen-bond acceptors (Lipinski definition) is 7. The summed E-state index contributed by atoms with van der Waals surface area (Å²) in [7, 11) is 1.36. The van der Waals surface area contributed by atoms with E-state index in [4.69, 9.17) is 9.47 Å². The van der Waals surface area contributed by atoms with Crippen LogP contribution >= 0.6 is 0 Å². The van der Waals surface area contributed by atoms with Crippen molar-refractivity contribution in [2.24, 2.45) is 0 Å². The molecule has 1 aliphatic carbocycles. The van der Waals surface area contributed by atoms with E-state index in [9.17, 15) is 14.4 Å². The van der Waals surface area contributed by atoms with Gasteiger partial charge in [0, 0.05) is 36.2 Å². The van der Waals surface area contributed by atoms with E-state index in [1.807, 2.05) is 48.5 Å². The van der Waals surface area contributed by atoms with Crippen molar-refractivity contribution in [1.29, 1.82) is 0 Å². The monoisotopic (exact) mass is 570 g/mol. The fourth-order valence-electron chi connectivity index (χ4n) is 5.67. The van der Waals surface area contributed by atoms with Crippen LogP contribution in [0, 0.1) is 0 Å². The molecule has 0 aromatic heterocycles. The zero-order chi connectivity index (χ0) is 29.8. The summed E-state index contributed by atoms with van der Waals surface area (Å²) < 4.78 is 11.1. The van der Waals surface area contributed by atoms with Crippen molar-refractivity contribution in [3.05, 3.63) is 95.6 Å². The lowest BCUT2D eigenvalue weighted by atomic mass is 9.77. The van der Waals surface area contributed by atoms with Crippen LogP contribution in [0.3, 0.4) is 0 Å². The van der Waals surface area contributed by atoms with Crippen molar-refractivity contribution >= 4 is 23.2 Å². The lowest BCUT2D eigenvalue weighted by molar-refractivity contribution is -0.141. The van der Waals surface area contributed by atoms with Gasteiger partial charge in [0.25, 0.3) is 0 Å². The van der Waals surface area contributed by atoms with E-state index in [0.29, 0.717) is 48.6 Å². The molecule has 0 aliphatic heterocycles. The maximum Gasteiger partial charge on any atom is 0.328 e. The SMILES string of the molecule is CCCC(=O)C1(NCCOc2ccc(CC(Nc3ccccc3C(=O)c3ccccc3)C(=O)OC)cc2)CCCCC1. The van der Waals surface area contributed by atoms with Crippen LogP contribution < -0.4 is 15.4 Å². The highest BCUT2D eigenvalue weighted by molar-refractivity contribution is 6.12. The second-order valence-corrected chi connectivity index (χ2v) is 10.9. The van der Waals surface area contributed by atoms with Gasteiger partial charge in [0.2, 0.25) is 0 Å². The van der Waals surface area contributed by atoms with Gasteiger partial charge < -0.3 is 20.1 Å². The second kappa shape index (κ2) is 15.3. The minimum atomic E-state index is -0.692. The molecule has 1 aliphatic rings. The van der Waals surface area contributed by atoms with Crippen molar-refractivity contribution in [3.8, 4) is 5.75 Å². The molecule has 7 nitrogen and oxygen atoms in total. The van der Waals surface area contributed by atoms with Crippen LogP contribution in [0.25, 0.3) is 0 Å². The van der Waals surface area contributed by atoms with Gasteiger partial charge in [-0.3, -0.25) is 9.59 Å². The van der Waals surface area contributed by atoms with Crippen LogP contribution in [0.1, 0.15) is 73.4 Å². The summed E-state index contributed by atoms with van der Waals surface area (Å²) in [6, 6.07) is 23.2. The van der Waals surface area contributed by atoms with E-state index < -0.39 is 17.6 Å². The number of carbonyl (C=O) groups is 3. The van der Waals surface area contributed by atoms with Crippen LogP contribution in [0.2, 0.25) is 0 Å². The Morgan fingerprint density at radius 2 is 1.57 bits per heavy atom. The van der Waals surface area contributed by atoms with Gasteiger partial charge in [-0.15, -0.1) is 0 Å². The third kappa shape index (κ3) is 8.07. The van der Waals surface area contributed by atoms with Crippen LogP contribution in [-0.2, 0) is 20.7 Å². The zero-order valence-corrected chi connectivity index (χ0v) is 24.7. The maximum absolute atomic E-state index is 13.2. The Morgan fingerprint density at radius 3 is 2.26 bits per heavy atom. The number of carbonyl (C=O) groups excluding carboxylic acids is 3.